The van der Waals surface area contributed by atoms with E-state index in [1.807, 2.05) is 0 Å². The number of nitrogens with one attached hydrogen (secondary N) is 2. The predicted octanol–water partition coefficient (Wildman–Crippen LogP) is 3.12. The van der Waals surface area contributed by atoms with Crippen LogP contribution in [-0.4, -0.2) is 41.3 Å². The van der Waals surface area contributed by atoms with Gasteiger partial charge in [0.25, 0.3) is 0 Å². The first kappa shape index (κ1) is 20.9. The fraction of sp³-hybridized carbons (Fsp3) is 0.278. The lowest BCUT2D eigenvalue weighted by Gasteiger charge is -2.14. The highest BCUT2D eigenvalue weighted by molar-refractivity contribution is 7.90. The summed E-state index contributed by atoms with van der Waals surface area (Å²) < 4.78 is 33.8. The van der Waals surface area contributed by atoms with Gasteiger partial charge in [-0.05, 0) is 36.8 Å². The molecule has 0 aliphatic rings. The number of halogens is 1. The lowest BCUT2D eigenvalue weighted by molar-refractivity contribution is -0.114. The van der Waals surface area contributed by atoms with E-state index in [0.29, 0.717) is 28.4 Å². The van der Waals surface area contributed by atoms with Crippen LogP contribution in [0.25, 0.3) is 0 Å². The predicted molar refractivity (Wildman–Crippen MR) is 106 cm³/mol. The normalized spacial score (nSPS) is 11.0. The van der Waals surface area contributed by atoms with Gasteiger partial charge in [0.15, 0.2) is 9.84 Å². The Labute approximate surface area is 163 Å². The molecule has 2 N–H and O–H groups in total. The van der Waals surface area contributed by atoms with E-state index in [9.17, 15) is 13.2 Å². The van der Waals surface area contributed by atoms with Gasteiger partial charge in [0.1, 0.15) is 11.5 Å². The lowest BCUT2D eigenvalue weighted by Crippen LogP contribution is -2.22. The topological polar surface area (TPSA) is 93.7 Å². The molecule has 0 bridgehead atoms. The van der Waals surface area contributed by atoms with Gasteiger partial charge in [-0.15, -0.1) is 0 Å². The van der Waals surface area contributed by atoms with Crippen molar-refractivity contribution in [2.45, 2.75) is 11.8 Å². The van der Waals surface area contributed by atoms with E-state index in [0.717, 1.165) is 6.26 Å². The first-order valence-corrected chi connectivity index (χ1v) is 10.2. The molecule has 146 valence electrons. The lowest BCUT2D eigenvalue weighted by atomic mass is 10.2. The molecule has 0 saturated carbocycles. The van der Waals surface area contributed by atoms with Crippen molar-refractivity contribution >= 4 is 38.7 Å². The highest BCUT2D eigenvalue weighted by atomic mass is 35.5. The van der Waals surface area contributed by atoms with Crippen LogP contribution in [0.1, 0.15) is 5.56 Å². The summed E-state index contributed by atoms with van der Waals surface area (Å²) >= 11 is 6.15. The molecule has 0 spiro atoms. The summed E-state index contributed by atoms with van der Waals surface area (Å²) in [6.07, 6.45) is 1.09. The Bertz CT molecular complexity index is 960. The molecule has 0 fully saturated rings. The summed E-state index contributed by atoms with van der Waals surface area (Å²) in [5.41, 5.74) is 1.59. The molecule has 2 aromatic rings. The Balaban J connectivity index is 2.12. The summed E-state index contributed by atoms with van der Waals surface area (Å²) in [6, 6.07) is 8.06. The maximum atomic E-state index is 12.3. The Hall–Kier alpha value is -2.45. The van der Waals surface area contributed by atoms with Gasteiger partial charge < -0.3 is 20.1 Å². The summed E-state index contributed by atoms with van der Waals surface area (Å²) in [5, 5.41) is 5.83. The van der Waals surface area contributed by atoms with Gasteiger partial charge in [-0.2, -0.15) is 0 Å². The second-order valence-electron chi connectivity index (χ2n) is 5.79. The zero-order valence-corrected chi connectivity index (χ0v) is 17.0. The van der Waals surface area contributed by atoms with Crippen LogP contribution < -0.4 is 20.1 Å². The van der Waals surface area contributed by atoms with Crippen molar-refractivity contribution in [1.82, 2.24) is 0 Å². The van der Waals surface area contributed by atoms with Gasteiger partial charge >= 0.3 is 0 Å². The molecule has 0 radical (unpaired) electrons. The molecule has 0 saturated heterocycles. The third-order valence-electron chi connectivity index (χ3n) is 3.87. The standard InChI is InChI=1S/C18H21ClN2O5S/c1-11-13(6-8-16(18(11)19)27(4,23)24)20-10-17(22)21-14-9-12(25-2)5-7-15(14)26-3/h5-9,20H,10H2,1-4H3,(H,21,22). The minimum atomic E-state index is -3.42. The van der Waals surface area contributed by atoms with E-state index in [-0.39, 0.29) is 22.4 Å². The average molecular weight is 413 g/mol. The third kappa shape index (κ3) is 5.05. The number of hydrogen-bond donors (Lipinski definition) is 2. The first-order chi connectivity index (χ1) is 12.7. The Morgan fingerprint density at radius 1 is 1.11 bits per heavy atom. The minimum absolute atomic E-state index is 0.0459. The second kappa shape index (κ2) is 8.49. The second-order valence-corrected chi connectivity index (χ2v) is 8.15. The van der Waals surface area contributed by atoms with Crippen LogP contribution in [0.5, 0.6) is 11.5 Å². The van der Waals surface area contributed by atoms with Crippen LogP contribution in [0.2, 0.25) is 5.02 Å². The molecule has 2 aromatic carbocycles. The van der Waals surface area contributed by atoms with E-state index in [1.54, 1.807) is 31.2 Å². The SMILES string of the molecule is COc1ccc(OC)c(NC(=O)CNc2ccc(S(C)(=O)=O)c(Cl)c2C)c1. The van der Waals surface area contributed by atoms with E-state index in [1.165, 1.54) is 20.3 Å². The van der Waals surface area contributed by atoms with Crippen LogP contribution in [0, 0.1) is 6.92 Å². The average Bonchev–Trinajstić information content (AvgIpc) is 2.61. The number of anilines is 2. The van der Waals surface area contributed by atoms with Crippen LogP contribution in [0.3, 0.4) is 0 Å². The Kier molecular flexibility index (Phi) is 6.56. The largest absolute Gasteiger partial charge is 0.497 e. The van der Waals surface area contributed by atoms with Crippen LogP contribution in [-0.2, 0) is 14.6 Å². The molecule has 0 unspecified atom stereocenters. The van der Waals surface area contributed by atoms with Crippen molar-refractivity contribution in [3.8, 4) is 11.5 Å². The molecule has 0 aliphatic heterocycles. The highest BCUT2D eigenvalue weighted by Gasteiger charge is 2.16. The molecule has 1 amide bonds. The third-order valence-corrected chi connectivity index (χ3v) is 5.61. The zero-order valence-electron chi connectivity index (χ0n) is 15.4. The van der Waals surface area contributed by atoms with Crippen molar-refractivity contribution in [3.63, 3.8) is 0 Å². The first-order valence-electron chi connectivity index (χ1n) is 7.92. The van der Waals surface area contributed by atoms with Crippen molar-refractivity contribution in [2.75, 3.05) is 37.7 Å². The van der Waals surface area contributed by atoms with Crippen LogP contribution >= 0.6 is 11.6 Å². The van der Waals surface area contributed by atoms with E-state index in [4.69, 9.17) is 21.1 Å². The zero-order chi connectivity index (χ0) is 20.2. The number of benzene rings is 2. The van der Waals surface area contributed by atoms with Crippen molar-refractivity contribution in [2.24, 2.45) is 0 Å². The van der Waals surface area contributed by atoms with Gasteiger partial charge in [-0.25, -0.2) is 8.42 Å². The summed E-state index contributed by atoms with van der Waals surface area (Å²) in [4.78, 5) is 12.3. The molecule has 7 nitrogen and oxygen atoms in total. The number of amides is 1. The number of carbonyl (C=O) groups is 1. The number of hydrogen-bond acceptors (Lipinski definition) is 6. The molecule has 2 rings (SSSR count). The quantitative estimate of drug-likeness (QED) is 0.725. The van der Waals surface area contributed by atoms with Crippen molar-refractivity contribution < 1.29 is 22.7 Å². The van der Waals surface area contributed by atoms with E-state index < -0.39 is 9.84 Å². The van der Waals surface area contributed by atoms with Gasteiger partial charge in [0.05, 0.1) is 36.4 Å². The number of ether oxygens (including phenoxy) is 2. The highest BCUT2D eigenvalue weighted by Crippen LogP contribution is 2.31. The number of carbonyl (C=O) groups excluding carboxylic acids is 1. The maximum Gasteiger partial charge on any atom is 0.243 e. The Morgan fingerprint density at radius 3 is 2.41 bits per heavy atom. The fourth-order valence-electron chi connectivity index (χ4n) is 2.42. The van der Waals surface area contributed by atoms with Crippen molar-refractivity contribution in [1.29, 1.82) is 0 Å². The molecule has 27 heavy (non-hydrogen) atoms. The maximum absolute atomic E-state index is 12.3. The molecular weight excluding hydrogens is 392 g/mol. The summed E-state index contributed by atoms with van der Waals surface area (Å²) in [5.74, 6) is 0.767. The van der Waals surface area contributed by atoms with Crippen LogP contribution in [0.4, 0.5) is 11.4 Å². The van der Waals surface area contributed by atoms with Gasteiger partial charge in [0, 0.05) is 18.0 Å². The summed E-state index contributed by atoms with van der Waals surface area (Å²) in [6.45, 7) is 1.64. The smallest absolute Gasteiger partial charge is 0.243 e. The van der Waals surface area contributed by atoms with Crippen LogP contribution in [0.15, 0.2) is 35.2 Å². The summed E-state index contributed by atoms with van der Waals surface area (Å²) in [7, 11) is -0.390. The van der Waals surface area contributed by atoms with Gasteiger partial charge in [-0.3, -0.25) is 4.79 Å². The van der Waals surface area contributed by atoms with Gasteiger partial charge in [0.2, 0.25) is 5.91 Å². The molecule has 0 atom stereocenters. The Morgan fingerprint density at radius 2 is 1.81 bits per heavy atom. The van der Waals surface area contributed by atoms with Gasteiger partial charge in [-0.1, -0.05) is 11.6 Å². The fourth-order valence-corrected chi connectivity index (χ4v) is 3.80. The number of rotatable bonds is 7. The molecular formula is C18H21ClN2O5S. The monoisotopic (exact) mass is 412 g/mol. The van der Waals surface area contributed by atoms with Crippen molar-refractivity contribution in [3.05, 3.63) is 40.9 Å². The molecule has 0 aromatic heterocycles. The molecule has 0 heterocycles. The van der Waals surface area contributed by atoms with E-state index >= 15 is 0 Å². The number of sulfone groups is 1. The van der Waals surface area contributed by atoms with E-state index in [2.05, 4.69) is 10.6 Å². The minimum Gasteiger partial charge on any atom is -0.497 e. The number of methoxy groups -OCH3 is 2. The molecule has 9 heteroatoms. The molecule has 0 aliphatic carbocycles.